The predicted octanol–water partition coefficient (Wildman–Crippen LogP) is 4.18. The molecular formula is C17H21NOS. The standard InChI is InChI=1S/C17H21NOS/c1-13(8-9-15-6-4-10-19-15)18-17-12-20-11-14-5-2-3-7-16(14)17/h2-7,10,13,17-18H,8-9,11-12H2,1H3. The lowest BCUT2D eigenvalue weighted by molar-refractivity contribution is 0.431. The van der Waals surface area contributed by atoms with Crippen LogP contribution in [0.1, 0.15) is 36.3 Å². The van der Waals surface area contributed by atoms with E-state index in [0.29, 0.717) is 12.1 Å². The molecule has 0 radical (unpaired) electrons. The van der Waals surface area contributed by atoms with Gasteiger partial charge in [-0.05, 0) is 36.6 Å². The zero-order valence-electron chi connectivity index (χ0n) is 11.8. The Labute approximate surface area is 125 Å². The molecule has 2 aromatic rings. The number of hydrogen-bond donors (Lipinski definition) is 1. The van der Waals surface area contributed by atoms with Gasteiger partial charge in [-0.1, -0.05) is 24.3 Å². The van der Waals surface area contributed by atoms with Crippen molar-refractivity contribution in [1.82, 2.24) is 5.32 Å². The van der Waals surface area contributed by atoms with Crippen molar-refractivity contribution in [2.75, 3.05) is 5.75 Å². The normalized spacial score (nSPS) is 19.6. The van der Waals surface area contributed by atoms with Crippen LogP contribution < -0.4 is 5.32 Å². The molecule has 2 nitrogen and oxygen atoms in total. The Kier molecular flexibility index (Phi) is 4.48. The second-order valence-electron chi connectivity index (χ2n) is 5.45. The number of hydrogen-bond acceptors (Lipinski definition) is 3. The highest BCUT2D eigenvalue weighted by Gasteiger charge is 2.21. The summed E-state index contributed by atoms with van der Waals surface area (Å²) in [4.78, 5) is 0. The summed E-state index contributed by atoms with van der Waals surface area (Å²) in [6.07, 6.45) is 3.86. The Balaban J connectivity index is 1.58. The minimum atomic E-state index is 0.483. The molecule has 3 rings (SSSR count). The molecule has 1 N–H and O–H groups in total. The van der Waals surface area contributed by atoms with Crippen LogP contribution in [0.15, 0.2) is 47.1 Å². The lowest BCUT2D eigenvalue weighted by Gasteiger charge is -2.29. The van der Waals surface area contributed by atoms with Gasteiger partial charge >= 0.3 is 0 Å². The number of aryl methyl sites for hydroxylation is 1. The first-order chi connectivity index (χ1) is 9.83. The topological polar surface area (TPSA) is 25.2 Å². The van der Waals surface area contributed by atoms with Gasteiger partial charge < -0.3 is 9.73 Å². The van der Waals surface area contributed by atoms with Crippen molar-refractivity contribution < 1.29 is 4.42 Å². The number of benzene rings is 1. The van der Waals surface area contributed by atoms with Gasteiger partial charge in [-0.25, -0.2) is 0 Å². The monoisotopic (exact) mass is 287 g/mol. The van der Waals surface area contributed by atoms with Crippen molar-refractivity contribution in [3.8, 4) is 0 Å². The van der Waals surface area contributed by atoms with Crippen LogP contribution in [0.5, 0.6) is 0 Å². The number of fused-ring (bicyclic) bond motifs is 1. The van der Waals surface area contributed by atoms with Crippen molar-refractivity contribution >= 4 is 11.8 Å². The maximum atomic E-state index is 5.40. The summed E-state index contributed by atoms with van der Waals surface area (Å²) in [5.74, 6) is 3.40. The molecule has 0 saturated carbocycles. The summed E-state index contributed by atoms with van der Waals surface area (Å²) in [5, 5.41) is 3.77. The molecule has 2 unspecified atom stereocenters. The van der Waals surface area contributed by atoms with E-state index in [0.717, 1.165) is 24.4 Å². The fourth-order valence-electron chi connectivity index (χ4n) is 2.76. The zero-order chi connectivity index (χ0) is 13.8. The van der Waals surface area contributed by atoms with Crippen LogP contribution in [0.3, 0.4) is 0 Å². The molecule has 0 spiro atoms. The Bertz CT molecular complexity index is 538. The van der Waals surface area contributed by atoms with E-state index in [4.69, 9.17) is 4.42 Å². The Morgan fingerprint density at radius 2 is 2.20 bits per heavy atom. The minimum absolute atomic E-state index is 0.483. The summed E-state index contributed by atoms with van der Waals surface area (Å²) in [5.41, 5.74) is 2.97. The first-order valence-electron chi connectivity index (χ1n) is 7.27. The van der Waals surface area contributed by atoms with Crippen LogP contribution in [0.25, 0.3) is 0 Å². The molecule has 0 fully saturated rings. The van der Waals surface area contributed by atoms with E-state index in [1.165, 1.54) is 16.9 Å². The number of rotatable bonds is 5. The van der Waals surface area contributed by atoms with Crippen LogP contribution in [0.4, 0.5) is 0 Å². The lowest BCUT2D eigenvalue weighted by Crippen LogP contribution is -2.34. The van der Waals surface area contributed by atoms with Crippen molar-refractivity contribution in [2.45, 2.75) is 37.6 Å². The van der Waals surface area contributed by atoms with Crippen molar-refractivity contribution in [2.24, 2.45) is 0 Å². The number of thioether (sulfide) groups is 1. The van der Waals surface area contributed by atoms with E-state index < -0.39 is 0 Å². The maximum absolute atomic E-state index is 5.40. The zero-order valence-corrected chi connectivity index (χ0v) is 12.7. The largest absolute Gasteiger partial charge is 0.469 e. The molecule has 0 bridgehead atoms. The molecule has 2 atom stereocenters. The smallest absolute Gasteiger partial charge is 0.103 e. The fraction of sp³-hybridized carbons (Fsp3) is 0.412. The van der Waals surface area contributed by atoms with E-state index >= 15 is 0 Å². The second kappa shape index (κ2) is 6.51. The summed E-state index contributed by atoms with van der Waals surface area (Å²) in [6.45, 7) is 2.27. The van der Waals surface area contributed by atoms with E-state index in [9.17, 15) is 0 Å². The minimum Gasteiger partial charge on any atom is -0.469 e. The van der Waals surface area contributed by atoms with Gasteiger partial charge in [-0.15, -0.1) is 0 Å². The third kappa shape index (κ3) is 3.28. The van der Waals surface area contributed by atoms with Crippen LogP contribution in [0, 0.1) is 0 Å². The molecule has 1 aliphatic heterocycles. The summed E-state index contributed by atoms with van der Waals surface area (Å²) in [6, 6.07) is 13.8. The first-order valence-corrected chi connectivity index (χ1v) is 8.42. The SMILES string of the molecule is CC(CCc1ccco1)NC1CSCc2ccccc21. The second-order valence-corrected chi connectivity index (χ2v) is 6.48. The van der Waals surface area contributed by atoms with Crippen molar-refractivity contribution in [1.29, 1.82) is 0 Å². The van der Waals surface area contributed by atoms with Crippen LogP contribution in [-0.2, 0) is 12.2 Å². The molecule has 0 saturated heterocycles. The molecular weight excluding hydrogens is 266 g/mol. The molecule has 0 aliphatic carbocycles. The van der Waals surface area contributed by atoms with Gasteiger partial charge in [0.25, 0.3) is 0 Å². The van der Waals surface area contributed by atoms with Crippen LogP contribution >= 0.6 is 11.8 Å². The third-order valence-electron chi connectivity index (χ3n) is 3.86. The van der Waals surface area contributed by atoms with Gasteiger partial charge in [0.15, 0.2) is 0 Å². The van der Waals surface area contributed by atoms with Crippen molar-refractivity contribution in [3.63, 3.8) is 0 Å². The molecule has 20 heavy (non-hydrogen) atoms. The third-order valence-corrected chi connectivity index (χ3v) is 4.95. The molecule has 0 amide bonds. The van der Waals surface area contributed by atoms with Gasteiger partial charge in [0, 0.05) is 30.0 Å². The molecule has 1 aliphatic rings. The highest BCUT2D eigenvalue weighted by Crippen LogP contribution is 2.31. The lowest BCUT2D eigenvalue weighted by atomic mass is 10.0. The van der Waals surface area contributed by atoms with E-state index in [1.54, 1.807) is 6.26 Å². The predicted molar refractivity (Wildman–Crippen MR) is 85.0 cm³/mol. The van der Waals surface area contributed by atoms with Gasteiger partial charge in [0.05, 0.1) is 6.26 Å². The number of nitrogens with one attached hydrogen (secondary N) is 1. The molecule has 1 aromatic carbocycles. The van der Waals surface area contributed by atoms with E-state index in [2.05, 4.69) is 42.6 Å². The highest BCUT2D eigenvalue weighted by molar-refractivity contribution is 7.98. The highest BCUT2D eigenvalue weighted by atomic mass is 32.2. The molecule has 1 aromatic heterocycles. The summed E-state index contributed by atoms with van der Waals surface area (Å²) >= 11 is 2.02. The average molecular weight is 287 g/mol. The molecule has 3 heteroatoms. The van der Waals surface area contributed by atoms with Gasteiger partial charge in [-0.2, -0.15) is 11.8 Å². The van der Waals surface area contributed by atoms with Crippen LogP contribution in [0.2, 0.25) is 0 Å². The Morgan fingerprint density at radius 1 is 1.30 bits per heavy atom. The Morgan fingerprint density at radius 3 is 3.05 bits per heavy atom. The summed E-state index contributed by atoms with van der Waals surface area (Å²) < 4.78 is 5.40. The maximum Gasteiger partial charge on any atom is 0.103 e. The summed E-state index contributed by atoms with van der Waals surface area (Å²) in [7, 11) is 0. The molecule has 106 valence electrons. The van der Waals surface area contributed by atoms with E-state index in [-0.39, 0.29) is 0 Å². The van der Waals surface area contributed by atoms with Crippen LogP contribution in [-0.4, -0.2) is 11.8 Å². The van der Waals surface area contributed by atoms with Crippen molar-refractivity contribution in [3.05, 3.63) is 59.5 Å². The quantitative estimate of drug-likeness (QED) is 0.893. The Hall–Kier alpha value is -1.19. The van der Waals surface area contributed by atoms with Gasteiger partial charge in [0.1, 0.15) is 5.76 Å². The van der Waals surface area contributed by atoms with E-state index in [1.807, 2.05) is 17.8 Å². The van der Waals surface area contributed by atoms with Gasteiger partial charge in [0.2, 0.25) is 0 Å². The average Bonchev–Trinajstić information content (AvgIpc) is 2.99. The van der Waals surface area contributed by atoms with Gasteiger partial charge in [-0.3, -0.25) is 0 Å². The molecule has 2 heterocycles. The first kappa shape index (κ1) is 13.8. The fourth-order valence-corrected chi connectivity index (χ4v) is 3.87. The number of furan rings is 1.